The third-order valence-electron chi connectivity index (χ3n) is 4.17. The van der Waals surface area contributed by atoms with Crippen LogP contribution in [0, 0.1) is 13.5 Å². The van der Waals surface area contributed by atoms with E-state index in [-0.39, 0.29) is 0 Å². The number of rotatable bonds is 4. The maximum absolute atomic E-state index is 7.44. The van der Waals surface area contributed by atoms with E-state index in [0.717, 1.165) is 37.6 Å². The summed E-state index contributed by atoms with van der Waals surface area (Å²) in [4.78, 5) is 17.6. The number of benzene rings is 2. The molecule has 0 spiro atoms. The first-order chi connectivity index (χ1) is 13.1. The van der Waals surface area contributed by atoms with Gasteiger partial charge < -0.3 is 9.47 Å². The predicted octanol–water partition coefficient (Wildman–Crippen LogP) is 4.92. The van der Waals surface area contributed by atoms with E-state index in [4.69, 9.17) is 21.0 Å². The summed E-state index contributed by atoms with van der Waals surface area (Å²) in [6.07, 6.45) is 1.73. The van der Waals surface area contributed by atoms with E-state index in [2.05, 4.69) is 20.9 Å². The Kier molecular flexibility index (Phi) is 4.44. The number of aryl methyl sites for hydroxylation is 1. The van der Waals surface area contributed by atoms with Gasteiger partial charge in [0.05, 0.1) is 48.7 Å². The first-order valence-corrected chi connectivity index (χ1v) is 9.06. The second-order valence-corrected chi connectivity index (χ2v) is 7.13. The SMILES string of the molecule is [C-]#[N+]c1cc(OC)cc2sc(-c3cc(C)cc4nc(COC)cnc34)nc12. The summed E-state index contributed by atoms with van der Waals surface area (Å²) in [5.41, 5.74) is 5.53. The Hall–Kier alpha value is -3.08. The van der Waals surface area contributed by atoms with E-state index in [1.165, 1.54) is 11.3 Å². The van der Waals surface area contributed by atoms with Crippen molar-refractivity contribution in [1.29, 1.82) is 0 Å². The van der Waals surface area contributed by atoms with E-state index in [1.54, 1.807) is 26.5 Å². The Morgan fingerprint density at radius 2 is 1.96 bits per heavy atom. The van der Waals surface area contributed by atoms with Crippen LogP contribution in [0.15, 0.2) is 30.5 Å². The van der Waals surface area contributed by atoms with Crippen LogP contribution in [0.1, 0.15) is 11.3 Å². The molecule has 0 aliphatic rings. The van der Waals surface area contributed by atoms with Crippen LogP contribution >= 0.6 is 11.3 Å². The zero-order valence-electron chi connectivity index (χ0n) is 15.1. The normalized spacial score (nSPS) is 11.0. The van der Waals surface area contributed by atoms with Crippen LogP contribution in [-0.4, -0.2) is 29.2 Å². The molecule has 27 heavy (non-hydrogen) atoms. The van der Waals surface area contributed by atoms with Gasteiger partial charge in [0.1, 0.15) is 10.8 Å². The number of fused-ring (bicyclic) bond motifs is 2. The molecule has 0 N–H and O–H groups in total. The summed E-state index contributed by atoms with van der Waals surface area (Å²) in [5.74, 6) is 0.654. The van der Waals surface area contributed by atoms with Crippen molar-refractivity contribution in [1.82, 2.24) is 15.0 Å². The molecule has 0 bridgehead atoms. The van der Waals surface area contributed by atoms with Crippen LogP contribution in [0.5, 0.6) is 5.75 Å². The highest BCUT2D eigenvalue weighted by Crippen LogP contribution is 2.39. The van der Waals surface area contributed by atoms with Crippen molar-refractivity contribution in [2.75, 3.05) is 14.2 Å². The van der Waals surface area contributed by atoms with Crippen LogP contribution in [0.2, 0.25) is 0 Å². The van der Waals surface area contributed by atoms with Crippen molar-refractivity contribution >= 4 is 38.3 Å². The first kappa shape index (κ1) is 17.3. The summed E-state index contributed by atoms with van der Waals surface area (Å²) in [7, 11) is 3.23. The first-order valence-electron chi connectivity index (χ1n) is 8.24. The van der Waals surface area contributed by atoms with Gasteiger partial charge >= 0.3 is 0 Å². The van der Waals surface area contributed by atoms with Gasteiger partial charge in [0.25, 0.3) is 0 Å². The lowest BCUT2D eigenvalue weighted by molar-refractivity contribution is 0.181. The minimum Gasteiger partial charge on any atom is -0.498 e. The van der Waals surface area contributed by atoms with Crippen LogP contribution < -0.4 is 4.74 Å². The van der Waals surface area contributed by atoms with E-state index in [1.807, 2.05) is 19.1 Å². The van der Waals surface area contributed by atoms with Gasteiger partial charge in [-0.05, 0) is 36.8 Å². The molecule has 0 unspecified atom stereocenters. The molecule has 0 aliphatic heterocycles. The molecular formula is C20H16N4O2S. The number of ether oxygens (including phenoxy) is 2. The summed E-state index contributed by atoms with van der Waals surface area (Å²) in [5, 5.41) is 0.811. The molecule has 4 rings (SSSR count). The summed E-state index contributed by atoms with van der Waals surface area (Å²) in [6.45, 7) is 9.88. The number of methoxy groups -OCH3 is 2. The molecular weight excluding hydrogens is 360 g/mol. The van der Waals surface area contributed by atoms with Gasteiger partial charge in [0.2, 0.25) is 5.69 Å². The largest absolute Gasteiger partial charge is 0.498 e. The van der Waals surface area contributed by atoms with E-state index >= 15 is 0 Å². The standard InChI is InChI=1S/C20H16N4O2S/c1-11-5-14(18-16(6-11)23-12(9-22-18)10-25-3)20-24-19-15(21-2)7-13(26-4)8-17(19)27-20/h5-9H,10H2,1,3-4H3. The highest BCUT2D eigenvalue weighted by molar-refractivity contribution is 7.21. The lowest BCUT2D eigenvalue weighted by Gasteiger charge is -2.06. The van der Waals surface area contributed by atoms with Crippen molar-refractivity contribution in [3.63, 3.8) is 0 Å². The molecule has 0 amide bonds. The molecule has 0 atom stereocenters. The lowest BCUT2D eigenvalue weighted by atomic mass is 10.1. The topological polar surface area (TPSA) is 61.5 Å². The monoisotopic (exact) mass is 376 g/mol. The van der Waals surface area contributed by atoms with Gasteiger partial charge in [0, 0.05) is 17.4 Å². The molecule has 0 aliphatic carbocycles. The molecule has 6 nitrogen and oxygen atoms in total. The number of hydrogen-bond acceptors (Lipinski definition) is 6. The van der Waals surface area contributed by atoms with Gasteiger partial charge in [-0.1, -0.05) is 0 Å². The minimum atomic E-state index is 0.418. The number of thiazole rings is 1. The molecule has 7 heteroatoms. The Morgan fingerprint density at radius 1 is 1.11 bits per heavy atom. The Balaban J connectivity index is 1.95. The highest BCUT2D eigenvalue weighted by atomic mass is 32.1. The fraction of sp³-hybridized carbons (Fsp3) is 0.200. The average Bonchev–Trinajstić information content (AvgIpc) is 3.10. The number of aromatic nitrogens is 3. The fourth-order valence-corrected chi connectivity index (χ4v) is 4.02. The quantitative estimate of drug-likeness (QED) is 0.473. The third-order valence-corrected chi connectivity index (χ3v) is 5.20. The van der Waals surface area contributed by atoms with Crippen molar-refractivity contribution < 1.29 is 9.47 Å². The van der Waals surface area contributed by atoms with Crippen LogP contribution in [0.3, 0.4) is 0 Å². The average molecular weight is 376 g/mol. The van der Waals surface area contributed by atoms with Gasteiger partial charge in [-0.2, -0.15) is 0 Å². The van der Waals surface area contributed by atoms with Crippen LogP contribution in [0.4, 0.5) is 5.69 Å². The van der Waals surface area contributed by atoms with Gasteiger partial charge in [-0.25, -0.2) is 14.8 Å². The van der Waals surface area contributed by atoms with Gasteiger partial charge in [-0.3, -0.25) is 4.98 Å². The van der Waals surface area contributed by atoms with Crippen molar-refractivity contribution in [3.8, 4) is 16.3 Å². The zero-order valence-corrected chi connectivity index (χ0v) is 15.9. The summed E-state index contributed by atoms with van der Waals surface area (Å²) in [6, 6.07) is 7.68. The Morgan fingerprint density at radius 3 is 2.70 bits per heavy atom. The smallest absolute Gasteiger partial charge is 0.217 e. The van der Waals surface area contributed by atoms with E-state index in [9.17, 15) is 0 Å². The molecule has 134 valence electrons. The predicted molar refractivity (Wildman–Crippen MR) is 106 cm³/mol. The molecule has 0 saturated carbocycles. The van der Waals surface area contributed by atoms with Crippen molar-refractivity contribution in [2.24, 2.45) is 0 Å². The second kappa shape index (κ2) is 6.91. The summed E-state index contributed by atoms with van der Waals surface area (Å²) < 4.78 is 11.4. The van der Waals surface area contributed by atoms with E-state index in [0.29, 0.717) is 23.6 Å². The van der Waals surface area contributed by atoms with Crippen LogP contribution in [-0.2, 0) is 11.3 Å². The fourth-order valence-electron chi connectivity index (χ4n) is 2.99. The Labute approximate surface area is 160 Å². The lowest BCUT2D eigenvalue weighted by Crippen LogP contribution is -1.96. The minimum absolute atomic E-state index is 0.418. The highest BCUT2D eigenvalue weighted by Gasteiger charge is 2.16. The number of nitrogens with zero attached hydrogens (tertiary/aromatic N) is 4. The van der Waals surface area contributed by atoms with Crippen molar-refractivity contribution in [2.45, 2.75) is 13.5 Å². The Bertz CT molecular complexity index is 1210. The van der Waals surface area contributed by atoms with Gasteiger partial charge in [-0.15, -0.1) is 11.3 Å². The number of hydrogen-bond donors (Lipinski definition) is 0. The molecule has 0 saturated heterocycles. The molecule has 2 heterocycles. The van der Waals surface area contributed by atoms with Gasteiger partial charge in [0.15, 0.2) is 0 Å². The molecule has 0 fully saturated rings. The molecule has 2 aromatic heterocycles. The van der Waals surface area contributed by atoms with Crippen LogP contribution in [0.25, 0.3) is 36.7 Å². The molecule has 0 radical (unpaired) electrons. The van der Waals surface area contributed by atoms with Crippen molar-refractivity contribution in [3.05, 3.63) is 53.1 Å². The molecule has 2 aromatic carbocycles. The maximum Gasteiger partial charge on any atom is 0.217 e. The molecule has 4 aromatic rings. The summed E-state index contributed by atoms with van der Waals surface area (Å²) >= 11 is 1.52. The van der Waals surface area contributed by atoms with E-state index < -0.39 is 0 Å². The second-order valence-electron chi connectivity index (χ2n) is 6.10. The maximum atomic E-state index is 7.44. The zero-order chi connectivity index (χ0) is 19.0. The third kappa shape index (κ3) is 3.10.